The molecule has 1 N–H and O–H groups in total. The van der Waals surface area contributed by atoms with Gasteiger partial charge in [-0.2, -0.15) is 0 Å². The van der Waals surface area contributed by atoms with Crippen molar-refractivity contribution >= 4 is 55.7 Å². The molecular weight excluding hydrogens is 540 g/mol. The minimum absolute atomic E-state index is 0.0611. The number of amides is 1. The summed E-state index contributed by atoms with van der Waals surface area (Å²) in [7, 11) is 1.54. The minimum atomic E-state index is -0.974. The molecule has 3 aromatic carbocycles. The van der Waals surface area contributed by atoms with E-state index >= 15 is 0 Å². The Kier molecular flexibility index (Phi) is 7.45. The Labute approximate surface area is 234 Å². The number of hydrogen-bond donors (Lipinski definition) is 1. The van der Waals surface area contributed by atoms with E-state index in [-0.39, 0.29) is 11.3 Å². The lowest BCUT2D eigenvalue weighted by atomic mass is 9.95. The lowest BCUT2D eigenvalue weighted by molar-refractivity contribution is -0.132. The zero-order valence-electron chi connectivity index (χ0n) is 21.4. The van der Waals surface area contributed by atoms with E-state index in [4.69, 9.17) is 25.8 Å². The lowest BCUT2D eigenvalue weighted by Gasteiger charge is -2.24. The second kappa shape index (κ2) is 11.0. The van der Waals surface area contributed by atoms with Crippen molar-refractivity contribution in [1.82, 2.24) is 4.98 Å². The number of anilines is 1. The Bertz CT molecular complexity index is 1600. The van der Waals surface area contributed by atoms with Gasteiger partial charge in [0.2, 0.25) is 0 Å². The number of methoxy groups -OCH3 is 1. The van der Waals surface area contributed by atoms with Crippen LogP contribution in [0.5, 0.6) is 17.2 Å². The van der Waals surface area contributed by atoms with E-state index in [0.717, 1.165) is 4.70 Å². The molecule has 10 heteroatoms. The summed E-state index contributed by atoms with van der Waals surface area (Å²) < 4.78 is 17.5. The molecule has 1 aliphatic rings. The third-order valence-corrected chi connectivity index (χ3v) is 7.49. The average Bonchev–Trinajstić information content (AvgIpc) is 3.47. The second-order valence-electron chi connectivity index (χ2n) is 8.58. The van der Waals surface area contributed by atoms with Crippen molar-refractivity contribution < 1.29 is 28.9 Å². The van der Waals surface area contributed by atoms with E-state index in [1.807, 2.05) is 13.8 Å². The first-order chi connectivity index (χ1) is 18.9. The van der Waals surface area contributed by atoms with Crippen LogP contribution in [0.25, 0.3) is 16.0 Å². The standard InChI is InChI=1S/C29H25ClN2O6S/c1-4-37-21-13-8-17(14-22(21)38-5-2)25-24(26(33)16-6-10-19(36-3)11-7-16)27(34)28(35)32(25)29-31-20-12-9-18(30)15-23(20)39-29/h6-15,25,33H,4-5H2,1-3H3/b26-24+. The largest absolute Gasteiger partial charge is 0.507 e. The number of halogens is 1. The van der Waals surface area contributed by atoms with Gasteiger partial charge in [-0.05, 0) is 74.0 Å². The number of benzene rings is 3. The van der Waals surface area contributed by atoms with E-state index in [2.05, 4.69) is 4.98 Å². The smallest absolute Gasteiger partial charge is 0.301 e. The topological polar surface area (TPSA) is 98.2 Å². The molecule has 0 bridgehead atoms. The zero-order valence-corrected chi connectivity index (χ0v) is 23.0. The number of hydrogen-bond acceptors (Lipinski definition) is 8. The maximum atomic E-state index is 13.6. The van der Waals surface area contributed by atoms with Gasteiger partial charge in [0.15, 0.2) is 16.6 Å². The maximum absolute atomic E-state index is 13.6. The van der Waals surface area contributed by atoms with E-state index < -0.39 is 17.7 Å². The number of carbonyl (C=O) groups is 2. The third kappa shape index (κ3) is 4.91. The number of rotatable bonds is 8. The van der Waals surface area contributed by atoms with Crippen LogP contribution in [-0.4, -0.2) is 42.1 Å². The fourth-order valence-corrected chi connectivity index (χ4v) is 5.75. The van der Waals surface area contributed by atoms with Gasteiger partial charge in [-0.1, -0.05) is 29.0 Å². The quantitative estimate of drug-likeness (QED) is 0.150. The Morgan fingerprint density at radius 3 is 2.41 bits per heavy atom. The van der Waals surface area contributed by atoms with Crippen LogP contribution >= 0.6 is 22.9 Å². The van der Waals surface area contributed by atoms with Gasteiger partial charge in [0.1, 0.15) is 11.5 Å². The number of nitrogens with zero attached hydrogens (tertiary/aromatic N) is 2. The fourth-order valence-electron chi connectivity index (χ4n) is 4.48. The van der Waals surface area contributed by atoms with Crippen molar-refractivity contribution in [3.05, 3.63) is 82.4 Å². The number of aliphatic hydroxyl groups is 1. The molecule has 1 unspecified atom stereocenters. The summed E-state index contributed by atoms with van der Waals surface area (Å²) in [6.07, 6.45) is 0. The van der Waals surface area contributed by atoms with Crippen molar-refractivity contribution in [1.29, 1.82) is 0 Å². The van der Waals surface area contributed by atoms with Crippen LogP contribution in [-0.2, 0) is 9.59 Å². The molecular formula is C29H25ClN2O6S. The van der Waals surface area contributed by atoms with Crippen molar-refractivity contribution in [3.8, 4) is 17.2 Å². The molecule has 8 nitrogen and oxygen atoms in total. The number of fused-ring (bicyclic) bond motifs is 1. The van der Waals surface area contributed by atoms with Gasteiger partial charge in [-0.25, -0.2) is 4.98 Å². The van der Waals surface area contributed by atoms with Crippen LogP contribution in [0.15, 0.2) is 66.2 Å². The molecule has 0 aliphatic carbocycles. The SMILES string of the molecule is CCOc1ccc(C2/C(=C(\O)c3ccc(OC)cc3)C(=O)C(=O)N2c2nc3ccc(Cl)cc3s2)cc1OCC. The van der Waals surface area contributed by atoms with Crippen molar-refractivity contribution in [3.63, 3.8) is 0 Å². The molecule has 1 amide bonds. The van der Waals surface area contributed by atoms with Crippen molar-refractivity contribution in [2.75, 3.05) is 25.2 Å². The number of ether oxygens (including phenoxy) is 3. The summed E-state index contributed by atoms with van der Waals surface area (Å²) in [6.45, 7) is 4.54. The molecule has 2 heterocycles. The summed E-state index contributed by atoms with van der Waals surface area (Å²) in [5, 5.41) is 12.2. The van der Waals surface area contributed by atoms with Crippen LogP contribution < -0.4 is 19.1 Å². The lowest BCUT2D eigenvalue weighted by Crippen LogP contribution is -2.29. The highest BCUT2D eigenvalue weighted by Crippen LogP contribution is 2.46. The van der Waals surface area contributed by atoms with Gasteiger partial charge >= 0.3 is 5.91 Å². The highest BCUT2D eigenvalue weighted by molar-refractivity contribution is 7.22. The number of thiazole rings is 1. The van der Waals surface area contributed by atoms with Gasteiger partial charge in [0.25, 0.3) is 5.78 Å². The van der Waals surface area contributed by atoms with Gasteiger partial charge in [-0.15, -0.1) is 0 Å². The molecule has 5 rings (SSSR count). The van der Waals surface area contributed by atoms with Crippen LogP contribution in [0.4, 0.5) is 5.13 Å². The predicted octanol–water partition coefficient (Wildman–Crippen LogP) is 6.38. The first-order valence-electron chi connectivity index (χ1n) is 12.3. The Hall–Kier alpha value is -4.08. The van der Waals surface area contributed by atoms with Crippen LogP contribution in [0, 0.1) is 0 Å². The molecule has 0 saturated carbocycles. The number of carbonyl (C=O) groups excluding carboxylic acids is 2. The summed E-state index contributed by atoms with van der Waals surface area (Å²) in [5.41, 5.74) is 1.49. The number of ketones is 1. The van der Waals surface area contributed by atoms with Crippen molar-refractivity contribution in [2.45, 2.75) is 19.9 Å². The fraction of sp³-hybridized carbons (Fsp3) is 0.207. The van der Waals surface area contributed by atoms with Crippen LogP contribution in [0.2, 0.25) is 5.02 Å². The van der Waals surface area contributed by atoms with E-state index in [1.165, 1.54) is 23.3 Å². The summed E-state index contributed by atoms with van der Waals surface area (Å²) in [5.74, 6) is -0.346. The molecule has 200 valence electrons. The molecule has 1 saturated heterocycles. The van der Waals surface area contributed by atoms with Crippen LogP contribution in [0.1, 0.15) is 31.0 Å². The highest BCUT2D eigenvalue weighted by atomic mass is 35.5. The predicted molar refractivity (Wildman–Crippen MR) is 151 cm³/mol. The normalized spacial score (nSPS) is 16.6. The van der Waals surface area contributed by atoms with Gasteiger partial charge in [0, 0.05) is 10.6 Å². The van der Waals surface area contributed by atoms with E-state index in [1.54, 1.807) is 60.7 Å². The molecule has 0 spiro atoms. The second-order valence-corrected chi connectivity index (χ2v) is 10.0. The molecule has 0 radical (unpaired) electrons. The number of aromatic nitrogens is 1. The summed E-state index contributed by atoms with van der Waals surface area (Å²) in [6, 6.07) is 16.0. The zero-order chi connectivity index (χ0) is 27.7. The number of aliphatic hydroxyl groups excluding tert-OH is 1. The Morgan fingerprint density at radius 1 is 1.00 bits per heavy atom. The maximum Gasteiger partial charge on any atom is 0.301 e. The molecule has 4 aromatic rings. The average molecular weight is 565 g/mol. The minimum Gasteiger partial charge on any atom is -0.507 e. The van der Waals surface area contributed by atoms with Crippen LogP contribution in [0.3, 0.4) is 0 Å². The first-order valence-corrected chi connectivity index (χ1v) is 13.5. The number of Topliss-reactive ketones (excluding diaryl/α,β-unsaturated/α-hetero) is 1. The highest BCUT2D eigenvalue weighted by Gasteiger charge is 2.48. The van der Waals surface area contributed by atoms with Gasteiger partial charge < -0.3 is 19.3 Å². The first kappa shape index (κ1) is 26.5. The summed E-state index contributed by atoms with van der Waals surface area (Å²) >= 11 is 7.41. The molecule has 1 aromatic heterocycles. The van der Waals surface area contributed by atoms with Crippen molar-refractivity contribution in [2.24, 2.45) is 0 Å². The molecule has 1 atom stereocenters. The molecule has 1 fully saturated rings. The monoisotopic (exact) mass is 564 g/mol. The molecule has 1 aliphatic heterocycles. The molecule has 39 heavy (non-hydrogen) atoms. The van der Waals surface area contributed by atoms with Gasteiger partial charge in [0.05, 0.1) is 42.2 Å². The Morgan fingerprint density at radius 2 is 1.72 bits per heavy atom. The van der Waals surface area contributed by atoms with E-state index in [0.29, 0.717) is 57.3 Å². The third-order valence-electron chi connectivity index (χ3n) is 6.24. The Balaban J connectivity index is 1.72. The van der Waals surface area contributed by atoms with E-state index in [9.17, 15) is 14.7 Å². The summed E-state index contributed by atoms with van der Waals surface area (Å²) in [4.78, 5) is 33.0. The van der Waals surface area contributed by atoms with Gasteiger partial charge in [-0.3, -0.25) is 14.5 Å².